The molecule has 3 aromatic rings. The SMILES string of the molecule is CC(=O)c1ccccc1-c1ccc2c(c1)C[C@@H](CNC(=O)Cc1cc(F)cc(F)c1)O2. The lowest BCUT2D eigenvalue weighted by Gasteiger charge is -2.12. The molecular formula is C25H21F2NO3. The Bertz CT molecular complexity index is 1140. The van der Waals surface area contributed by atoms with Crippen LogP contribution in [0.5, 0.6) is 5.75 Å². The first-order chi connectivity index (χ1) is 14.9. The second kappa shape index (κ2) is 8.68. The van der Waals surface area contributed by atoms with Gasteiger partial charge in [0.05, 0.1) is 13.0 Å². The summed E-state index contributed by atoms with van der Waals surface area (Å²) in [6, 6.07) is 16.3. The van der Waals surface area contributed by atoms with Crippen molar-refractivity contribution < 1.29 is 23.1 Å². The topological polar surface area (TPSA) is 55.4 Å². The molecule has 1 atom stereocenters. The molecule has 0 unspecified atom stereocenters. The third kappa shape index (κ3) is 4.79. The third-order valence-corrected chi connectivity index (χ3v) is 5.23. The molecule has 0 saturated heterocycles. The number of hydrogen-bond acceptors (Lipinski definition) is 3. The summed E-state index contributed by atoms with van der Waals surface area (Å²) in [5.74, 6) is -0.999. The van der Waals surface area contributed by atoms with E-state index in [0.29, 0.717) is 12.0 Å². The zero-order chi connectivity index (χ0) is 22.0. The van der Waals surface area contributed by atoms with Crippen LogP contribution in [0.3, 0.4) is 0 Å². The maximum Gasteiger partial charge on any atom is 0.224 e. The first kappa shape index (κ1) is 20.7. The highest BCUT2D eigenvalue weighted by Crippen LogP contribution is 2.34. The summed E-state index contributed by atoms with van der Waals surface area (Å²) in [5, 5.41) is 2.76. The lowest BCUT2D eigenvalue weighted by Crippen LogP contribution is -2.35. The third-order valence-electron chi connectivity index (χ3n) is 5.23. The Balaban J connectivity index is 1.39. The summed E-state index contributed by atoms with van der Waals surface area (Å²) < 4.78 is 32.5. The molecule has 0 saturated carbocycles. The number of ether oxygens (including phenoxy) is 1. The maximum absolute atomic E-state index is 13.3. The number of hydrogen-bond donors (Lipinski definition) is 1. The van der Waals surface area contributed by atoms with Crippen LogP contribution in [0.2, 0.25) is 0 Å². The van der Waals surface area contributed by atoms with Crippen molar-refractivity contribution in [3.05, 3.63) is 89.0 Å². The van der Waals surface area contributed by atoms with E-state index in [2.05, 4.69) is 5.32 Å². The minimum absolute atomic E-state index is 0.00566. The quantitative estimate of drug-likeness (QED) is 0.597. The van der Waals surface area contributed by atoms with Gasteiger partial charge in [0.1, 0.15) is 23.5 Å². The van der Waals surface area contributed by atoms with Crippen LogP contribution in [0.1, 0.15) is 28.4 Å². The van der Waals surface area contributed by atoms with Crippen molar-refractivity contribution in [2.75, 3.05) is 6.54 Å². The second-order valence-corrected chi connectivity index (χ2v) is 7.63. The second-order valence-electron chi connectivity index (χ2n) is 7.63. The number of benzene rings is 3. The van der Waals surface area contributed by atoms with E-state index in [-0.39, 0.29) is 36.3 Å². The number of ketones is 1. The van der Waals surface area contributed by atoms with Crippen molar-refractivity contribution in [1.82, 2.24) is 5.32 Å². The number of fused-ring (bicyclic) bond motifs is 1. The minimum atomic E-state index is -0.709. The maximum atomic E-state index is 13.3. The fourth-order valence-electron chi connectivity index (χ4n) is 3.83. The summed E-state index contributed by atoms with van der Waals surface area (Å²) in [6.45, 7) is 1.83. The number of amides is 1. The van der Waals surface area contributed by atoms with Crippen molar-refractivity contribution in [3.63, 3.8) is 0 Å². The fourth-order valence-corrected chi connectivity index (χ4v) is 3.83. The molecule has 1 N–H and O–H groups in total. The van der Waals surface area contributed by atoms with Gasteiger partial charge in [-0.15, -0.1) is 0 Å². The Morgan fingerprint density at radius 2 is 1.77 bits per heavy atom. The van der Waals surface area contributed by atoms with Crippen molar-refractivity contribution in [2.24, 2.45) is 0 Å². The van der Waals surface area contributed by atoms with Gasteiger partial charge in [-0.25, -0.2) is 8.78 Å². The van der Waals surface area contributed by atoms with E-state index >= 15 is 0 Å². The Morgan fingerprint density at radius 1 is 1.03 bits per heavy atom. The van der Waals surface area contributed by atoms with Crippen molar-refractivity contribution in [1.29, 1.82) is 0 Å². The van der Waals surface area contributed by atoms with Crippen molar-refractivity contribution in [3.8, 4) is 16.9 Å². The number of halogens is 2. The van der Waals surface area contributed by atoms with Gasteiger partial charge in [0.15, 0.2) is 5.78 Å². The van der Waals surface area contributed by atoms with Gasteiger partial charge in [0.2, 0.25) is 5.91 Å². The van der Waals surface area contributed by atoms with Crippen LogP contribution in [-0.4, -0.2) is 24.3 Å². The highest BCUT2D eigenvalue weighted by molar-refractivity contribution is 6.00. The zero-order valence-electron chi connectivity index (χ0n) is 17.0. The van der Waals surface area contributed by atoms with E-state index in [0.717, 1.165) is 40.6 Å². The molecule has 1 aliphatic heterocycles. The Hall–Kier alpha value is -3.54. The molecule has 0 bridgehead atoms. The average molecular weight is 421 g/mol. The number of nitrogens with one attached hydrogen (secondary N) is 1. The van der Waals surface area contributed by atoms with Gasteiger partial charge in [-0.2, -0.15) is 0 Å². The van der Waals surface area contributed by atoms with Gasteiger partial charge in [-0.1, -0.05) is 30.3 Å². The summed E-state index contributed by atoms with van der Waals surface area (Å²) in [4.78, 5) is 24.1. The molecule has 0 fully saturated rings. The summed E-state index contributed by atoms with van der Waals surface area (Å²) in [6.07, 6.45) is 0.266. The Morgan fingerprint density at radius 3 is 2.52 bits per heavy atom. The van der Waals surface area contributed by atoms with Crippen molar-refractivity contribution in [2.45, 2.75) is 25.9 Å². The van der Waals surface area contributed by atoms with Crippen molar-refractivity contribution >= 4 is 11.7 Å². The Kier molecular flexibility index (Phi) is 5.80. The van der Waals surface area contributed by atoms with Gasteiger partial charge in [0, 0.05) is 18.1 Å². The predicted molar refractivity (Wildman–Crippen MR) is 113 cm³/mol. The molecule has 158 valence electrons. The lowest BCUT2D eigenvalue weighted by molar-refractivity contribution is -0.120. The summed E-state index contributed by atoms with van der Waals surface area (Å²) in [7, 11) is 0. The van der Waals surface area contributed by atoms with Gasteiger partial charge >= 0.3 is 0 Å². The first-order valence-electron chi connectivity index (χ1n) is 10.0. The summed E-state index contributed by atoms with van der Waals surface area (Å²) in [5.41, 5.74) is 3.75. The van der Waals surface area contributed by atoms with Gasteiger partial charge < -0.3 is 10.1 Å². The molecule has 4 nitrogen and oxygen atoms in total. The molecule has 0 spiro atoms. The fraction of sp³-hybridized carbons (Fsp3) is 0.200. The monoisotopic (exact) mass is 421 g/mol. The highest BCUT2D eigenvalue weighted by Gasteiger charge is 2.24. The van der Waals surface area contributed by atoms with Crippen LogP contribution in [0, 0.1) is 11.6 Å². The van der Waals surface area contributed by atoms with E-state index in [4.69, 9.17) is 4.74 Å². The molecule has 3 aromatic carbocycles. The largest absolute Gasteiger partial charge is 0.488 e. The van der Waals surface area contributed by atoms with Crippen LogP contribution in [0.4, 0.5) is 8.78 Å². The van der Waals surface area contributed by atoms with E-state index in [1.54, 1.807) is 6.92 Å². The molecule has 31 heavy (non-hydrogen) atoms. The number of Topliss-reactive ketones (excluding diaryl/α,β-unsaturated/α-hetero) is 1. The van der Waals surface area contributed by atoms with Crippen LogP contribution < -0.4 is 10.1 Å². The predicted octanol–water partition coefficient (Wildman–Crippen LogP) is 4.50. The zero-order valence-corrected chi connectivity index (χ0v) is 17.0. The van der Waals surface area contributed by atoms with Crippen LogP contribution >= 0.6 is 0 Å². The summed E-state index contributed by atoms with van der Waals surface area (Å²) >= 11 is 0. The van der Waals surface area contributed by atoms with Gasteiger partial charge in [-0.05, 0) is 53.4 Å². The van der Waals surface area contributed by atoms with Crippen LogP contribution in [-0.2, 0) is 17.6 Å². The molecule has 0 aliphatic carbocycles. The minimum Gasteiger partial charge on any atom is -0.488 e. The molecule has 0 radical (unpaired) electrons. The van der Waals surface area contributed by atoms with E-state index < -0.39 is 11.6 Å². The van der Waals surface area contributed by atoms with Crippen LogP contribution in [0.25, 0.3) is 11.1 Å². The average Bonchev–Trinajstić information content (AvgIpc) is 3.13. The standard InChI is InChI=1S/C25H21F2NO3/c1-15(29)22-4-2-3-5-23(22)17-6-7-24-18(11-17)12-21(31-24)14-28-25(30)10-16-8-19(26)13-20(27)9-16/h2-9,11,13,21H,10,12,14H2,1H3,(H,28,30)/t21-/m0/s1. The number of carbonyl (C=O) groups excluding carboxylic acids is 2. The molecule has 4 rings (SSSR count). The Labute approximate surface area is 178 Å². The molecule has 1 amide bonds. The van der Waals surface area contributed by atoms with E-state index in [1.807, 2.05) is 42.5 Å². The number of carbonyl (C=O) groups is 2. The normalized spacial score (nSPS) is 14.6. The molecule has 1 heterocycles. The van der Waals surface area contributed by atoms with E-state index in [9.17, 15) is 18.4 Å². The molecule has 1 aliphatic rings. The first-order valence-corrected chi connectivity index (χ1v) is 10.0. The lowest BCUT2D eigenvalue weighted by atomic mass is 9.95. The molecule has 0 aromatic heterocycles. The highest BCUT2D eigenvalue weighted by atomic mass is 19.1. The van der Waals surface area contributed by atoms with Gasteiger partial charge in [0.25, 0.3) is 0 Å². The smallest absolute Gasteiger partial charge is 0.224 e. The number of rotatable bonds is 6. The molecular weight excluding hydrogens is 400 g/mol. The van der Waals surface area contributed by atoms with Gasteiger partial charge in [-0.3, -0.25) is 9.59 Å². The van der Waals surface area contributed by atoms with Crippen LogP contribution in [0.15, 0.2) is 60.7 Å². The van der Waals surface area contributed by atoms with E-state index in [1.165, 1.54) is 0 Å². The molecule has 6 heteroatoms.